The minimum atomic E-state index is -0.101. The molecule has 0 aromatic heterocycles. The van der Waals surface area contributed by atoms with E-state index in [1.54, 1.807) is 7.11 Å². The number of hydrogen-bond acceptors (Lipinski definition) is 4. The number of aliphatic hydroxyl groups is 1. The predicted octanol–water partition coefficient (Wildman–Crippen LogP) is -0.112. The lowest BCUT2D eigenvalue weighted by Gasteiger charge is -2.18. The van der Waals surface area contributed by atoms with Crippen LogP contribution in [0.25, 0.3) is 0 Å². The monoisotopic (exact) mass is 232 g/mol. The molecule has 0 aliphatic carbocycles. The van der Waals surface area contributed by atoms with E-state index in [0.29, 0.717) is 19.4 Å². The van der Waals surface area contributed by atoms with Crippen LogP contribution in [0.4, 0.5) is 0 Å². The topological polar surface area (TPSA) is 70.6 Å². The first-order valence-corrected chi connectivity index (χ1v) is 5.76. The Bertz CT molecular complexity index is 182. The average molecular weight is 232 g/mol. The molecule has 0 spiro atoms. The van der Waals surface area contributed by atoms with E-state index in [9.17, 15) is 4.79 Å². The zero-order chi connectivity index (χ0) is 12.4. The second kappa shape index (κ2) is 9.57. The fraction of sp³-hybridized carbons (Fsp3) is 0.909. The molecule has 2 atom stereocenters. The molecule has 0 bridgehead atoms. The Hall–Kier alpha value is -0.650. The van der Waals surface area contributed by atoms with Gasteiger partial charge >= 0.3 is 0 Å². The molecular formula is C11H24N2O3. The van der Waals surface area contributed by atoms with Gasteiger partial charge in [0.1, 0.15) is 0 Å². The second-order valence-electron chi connectivity index (χ2n) is 3.89. The summed E-state index contributed by atoms with van der Waals surface area (Å²) in [6.07, 6.45) is 0.967. The lowest BCUT2D eigenvalue weighted by Crippen LogP contribution is -2.41. The number of hydrogen-bond donors (Lipinski definition) is 3. The van der Waals surface area contributed by atoms with Gasteiger partial charge in [0.05, 0.1) is 12.6 Å². The van der Waals surface area contributed by atoms with Crippen molar-refractivity contribution < 1.29 is 14.6 Å². The number of methoxy groups -OCH3 is 1. The van der Waals surface area contributed by atoms with Crippen molar-refractivity contribution in [2.24, 2.45) is 0 Å². The maximum atomic E-state index is 11.6. The van der Waals surface area contributed by atoms with E-state index in [4.69, 9.17) is 9.84 Å². The molecule has 0 aromatic carbocycles. The summed E-state index contributed by atoms with van der Waals surface area (Å²) in [7, 11) is 1.58. The Balaban J connectivity index is 3.88. The molecule has 0 rings (SSSR count). The van der Waals surface area contributed by atoms with E-state index in [1.807, 2.05) is 13.8 Å². The van der Waals surface area contributed by atoms with E-state index in [0.717, 1.165) is 6.54 Å². The highest BCUT2D eigenvalue weighted by molar-refractivity contribution is 5.76. The van der Waals surface area contributed by atoms with Crippen molar-refractivity contribution in [2.75, 3.05) is 26.9 Å². The van der Waals surface area contributed by atoms with Gasteiger partial charge in [0.15, 0.2) is 0 Å². The Labute approximate surface area is 97.6 Å². The van der Waals surface area contributed by atoms with E-state index in [1.165, 1.54) is 0 Å². The van der Waals surface area contributed by atoms with Gasteiger partial charge in [-0.3, -0.25) is 4.79 Å². The Morgan fingerprint density at radius 2 is 2.19 bits per heavy atom. The van der Waals surface area contributed by atoms with Crippen molar-refractivity contribution in [2.45, 2.75) is 38.8 Å². The highest BCUT2D eigenvalue weighted by Crippen LogP contribution is 1.96. The summed E-state index contributed by atoms with van der Waals surface area (Å²) >= 11 is 0. The van der Waals surface area contributed by atoms with Crippen molar-refractivity contribution in [3.05, 3.63) is 0 Å². The largest absolute Gasteiger partial charge is 0.396 e. The van der Waals surface area contributed by atoms with Crippen molar-refractivity contribution in [1.82, 2.24) is 10.6 Å². The third-order valence-corrected chi connectivity index (χ3v) is 2.25. The fourth-order valence-corrected chi connectivity index (χ4v) is 1.54. The molecule has 1 amide bonds. The molecule has 16 heavy (non-hydrogen) atoms. The van der Waals surface area contributed by atoms with Crippen LogP contribution in [0.2, 0.25) is 0 Å². The van der Waals surface area contributed by atoms with Gasteiger partial charge in [0.25, 0.3) is 0 Å². The number of amides is 1. The van der Waals surface area contributed by atoms with Crippen LogP contribution in [-0.2, 0) is 9.53 Å². The lowest BCUT2D eigenvalue weighted by atomic mass is 10.2. The molecular weight excluding hydrogens is 208 g/mol. The van der Waals surface area contributed by atoms with Crippen LogP contribution in [0, 0.1) is 0 Å². The maximum absolute atomic E-state index is 11.6. The summed E-state index contributed by atoms with van der Waals surface area (Å²) in [5.74, 6) is -0.0102. The standard InChI is InChI=1S/C11H24N2O3/c1-4-12-9(2)7-11(15)13-10(5-6-14)8-16-3/h9-10,12,14H,4-8H2,1-3H3,(H,13,15). The van der Waals surface area contributed by atoms with Crippen LogP contribution < -0.4 is 10.6 Å². The van der Waals surface area contributed by atoms with Crippen LogP contribution in [0.1, 0.15) is 26.7 Å². The summed E-state index contributed by atoms with van der Waals surface area (Å²) in [4.78, 5) is 11.6. The third kappa shape index (κ3) is 7.62. The SMILES string of the molecule is CCNC(C)CC(=O)NC(CCO)COC. The smallest absolute Gasteiger partial charge is 0.221 e. The summed E-state index contributed by atoms with van der Waals surface area (Å²) in [6, 6.07) is 0.0682. The third-order valence-electron chi connectivity index (χ3n) is 2.25. The van der Waals surface area contributed by atoms with Crippen molar-refractivity contribution >= 4 is 5.91 Å². The molecule has 0 aromatic rings. The molecule has 0 fully saturated rings. The molecule has 0 radical (unpaired) electrons. The van der Waals surface area contributed by atoms with Crippen molar-refractivity contribution in [3.63, 3.8) is 0 Å². The molecule has 0 saturated carbocycles. The summed E-state index contributed by atoms with van der Waals surface area (Å²) in [6.45, 7) is 5.32. The Morgan fingerprint density at radius 1 is 1.50 bits per heavy atom. The number of carbonyl (C=O) groups is 1. The maximum Gasteiger partial charge on any atom is 0.221 e. The number of nitrogens with one attached hydrogen (secondary N) is 2. The van der Waals surface area contributed by atoms with E-state index in [2.05, 4.69) is 10.6 Å². The molecule has 0 aliphatic rings. The molecule has 0 aliphatic heterocycles. The number of rotatable bonds is 9. The van der Waals surface area contributed by atoms with Crippen LogP contribution in [-0.4, -0.2) is 50.0 Å². The lowest BCUT2D eigenvalue weighted by molar-refractivity contribution is -0.122. The summed E-state index contributed by atoms with van der Waals surface area (Å²) in [5.41, 5.74) is 0. The van der Waals surface area contributed by atoms with E-state index in [-0.39, 0.29) is 24.6 Å². The molecule has 2 unspecified atom stereocenters. The van der Waals surface area contributed by atoms with Gasteiger partial charge in [-0.25, -0.2) is 0 Å². The van der Waals surface area contributed by atoms with Crippen LogP contribution >= 0.6 is 0 Å². The molecule has 3 N–H and O–H groups in total. The minimum Gasteiger partial charge on any atom is -0.396 e. The zero-order valence-corrected chi connectivity index (χ0v) is 10.5. The molecule has 5 nitrogen and oxygen atoms in total. The summed E-state index contributed by atoms with van der Waals surface area (Å²) < 4.78 is 4.97. The van der Waals surface area contributed by atoms with Gasteiger partial charge in [-0.05, 0) is 19.9 Å². The molecule has 96 valence electrons. The van der Waals surface area contributed by atoms with Gasteiger partial charge in [-0.15, -0.1) is 0 Å². The van der Waals surface area contributed by atoms with Crippen LogP contribution in [0.5, 0.6) is 0 Å². The molecule has 5 heteroatoms. The number of aliphatic hydroxyl groups excluding tert-OH is 1. The Morgan fingerprint density at radius 3 is 2.69 bits per heavy atom. The highest BCUT2D eigenvalue weighted by atomic mass is 16.5. The number of ether oxygens (including phenoxy) is 1. The van der Waals surface area contributed by atoms with E-state index < -0.39 is 0 Å². The number of carbonyl (C=O) groups excluding carboxylic acids is 1. The highest BCUT2D eigenvalue weighted by Gasteiger charge is 2.13. The first-order valence-electron chi connectivity index (χ1n) is 5.76. The first kappa shape index (κ1) is 15.3. The van der Waals surface area contributed by atoms with Crippen molar-refractivity contribution in [3.8, 4) is 0 Å². The second-order valence-corrected chi connectivity index (χ2v) is 3.89. The Kier molecular flexibility index (Phi) is 9.18. The molecule has 0 heterocycles. The fourth-order valence-electron chi connectivity index (χ4n) is 1.54. The van der Waals surface area contributed by atoms with Gasteiger partial charge < -0.3 is 20.5 Å². The summed E-state index contributed by atoms with van der Waals surface area (Å²) in [5, 5.41) is 14.8. The van der Waals surface area contributed by atoms with Crippen LogP contribution in [0.15, 0.2) is 0 Å². The van der Waals surface area contributed by atoms with Gasteiger partial charge in [0.2, 0.25) is 5.91 Å². The van der Waals surface area contributed by atoms with Crippen LogP contribution in [0.3, 0.4) is 0 Å². The first-order chi connectivity index (χ1) is 7.63. The van der Waals surface area contributed by atoms with Gasteiger partial charge in [-0.1, -0.05) is 6.92 Å². The van der Waals surface area contributed by atoms with Gasteiger partial charge in [0, 0.05) is 26.2 Å². The van der Waals surface area contributed by atoms with E-state index >= 15 is 0 Å². The van der Waals surface area contributed by atoms with Gasteiger partial charge in [-0.2, -0.15) is 0 Å². The zero-order valence-electron chi connectivity index (χ0n) is 10.5. The molecule has 0 saturated heterocycles. The quantitative estimate of drug-likeness (QED) is 0.519. The van der Waals surface area contributed by atoms with Crippen molar-refractivity contribution in [1.29, 1.82) is 0 Å². The minimum absolute atomic E-state index is 0.0102. The predicted molar refractivity (Wildman–Crippen MR) is 63.3 cm³/mol. The normalized spacial score (nSPS) is 14.5. The average Bonchev–Trinajstić information content (AvgIpc) is 2.18.